The first-order valence-corrected chi connectivity index (χ1v) is 10.4. The predicted octanol–water partition coefficient (Wildman–Crippen LogP) is 2.43. The van der Waals surface area contributed by atoms with Crippen molar-refractivity contribution in [3.8, 4) is 6.07 Å². The summed E-state index contributed by atoms with van der Waals surface area (Å²) in [6, 6.07) is 11.3. The van der Waals surface area contributed by atoms with Gasteiger partial charge in [0.25, 0.3) is 0 Å². The van der Waals surface area contributed by atoms with Crippen LogP contribution in [-0.2, 0) is 15.8 Å². The number of nitrogens with one attached hydrogen (secondary N) is 1. The number of hydrogen-bond acceptors (Lipinski definition) is 5. The summed E-state index contributed by atoms with van der Waals surface area (Å²) in [5.74, 6) is 0.229. The molecule has 1 aromatic heterocycles. The van der Waals surface area contributed by atoms with E-state index in [-0.39, 0.29) is 11.7 Å². The molecule has 1 aliphatic rings. The number of nitrogens with zero attached hydrogens (tertiary/aromatic N) is 3. The number of benzene rings is 1. The second-order valence-electron chi connectivity index (χ2n) is 6.65. The number of hydrogen-bond donors (Lipinski definition) is 1. The van der Waals surface area contributed by atoms with Gasteiger partial charge in [0, 0.05) is 25.8 Å². The fraction of sp³-hybridized carbons (Fsp3) is 0.368. The lowest BCUT2D eigenvalue weighted by Crippen LogP contribution is -2.39. The summed E-state index contributed by atoms with van der Waals surface area (Å²) in [7, 11) is -3.51. The molecule has 1 saturated heterocycles. The van der Waals surface area contributed by atoms with Gasteiger partial charge >= 0.3 is 0 Å². The zero-order chi connectivity index (χ0) is 19.3. The Morgan fingerprint density at radius 1 is 1.26 bits per heavy atom. The van der Waals surface area contributed by atoms with Crippen LogP contribution in [0.1, 0.15) is 24.0 Å². The lowest BCUT2D eigenvalue weighted by Gasteiger charge is -2.33. The fourth-order valence-electron chi connectivity index (χ4n) is 3.23. The highest BCUT2D eigenvalue weighted by molar-refractivity contribution is 7.88. The Morgan fingerprint density at radius 3 is 2.74 bits per heavy atom. The van der Waals surface area contributed by atoms with Crippen molar-refractivity contribution < 1.29 is 12.8 Å². The van der Waals surface area contributed by atoms with E-state index in [1.54, 1.807) is 24.4 Å². The van der Waals surface area contributed by atoms with Gasteiger partial charge in [0.1, 0.15) is 17.7 Å². The first-order chi connectivity index (χ1) is 13.0. The Balaban J connectivity index is 1.51. The molecule has 0 unspecified atom stereocenters. The van der Waals surface area contributed by atoms with E-state index in [1.807, 2.05) is 0 Å². The second kappa shape index (κ2) is 8.46. The van der Waals surface area contributed by atoms with Crippen LogP contribution >= 0.6 is 0 Å². The summed E-state index contributed by atoms with van der Waals surface area (Å²) in [5.41, 5.74) is 0.975. The van der Waals surface area contributed by atoms with E-state index in [0.29, 0.717) is 23.5 Å². The summed E-state index contributed by atoms with van der Waals surface area (Å²) in [6.45, 7) is 1.81. The maximum Gasteiger partial charge on any atom is 0.215 e. The molecule has 2 heterocycles. The van der Waals surface area contributed by atoms with Crippen LogP contribution in [0.4, 0.5) is 10.2 Å². The van der Waals surface area contributed by atoms with Gasteiger partial charge in [0.2, 0.25) is 10.0 Å². The van der Waals surface area contributed by atoms with Crippen LogP contribution in [0, 0.1) is 23.1 Å². The number of pyridine rings is 1. The average molecular weight is 388 g/mol. The van der Waals surface area contributed by atoms with Crippen LogP contribution in [0.25, 0.3) is 0 Å². The van der Waals surface area contributed by atoms with Gasteiger partial charge in [-0.1, -0.05) is 12.1 Å². The normalized spacial score (nSPS) is 15.5. The van der Waals surface area contributed by atoms with Gasteiger partial charge in [-0.15, -0.1) is 0 Å². The molecular weight excluding hydrogens is 367 g/mol. The highest BCUT2D eigenvalue weighted by Gasteiger charge is 2.23. The van der Waals surface area contributed by atoms with Crippen molar-refractivity contribution in [1.29, 1.82) is 5.26 Å². The summed E-state index contributed by atoms with van der Waals surface area (Å²) in [5, 5.41) is 9.20. The third-order valence-electron chi connectivity index (χ3n) is 4.66. The third kappa shape index (κ3) is 5.25. The molecule has 0 aliphatic carbocycles. The van der Waals surface area contributed by atoms with Gasteiger partial charge in [0.15, 0.2) is 0 Å². The predicted molar refractivity (Wildman–Crippen MR) is 101 cm³/mol. The van der Waals surface area contributed by atoms with Crippen LogP contribution in [0.2, 0.25) is 0 Å². The SMILES string of the molecule is N#Cc1cccnc1N1CCC(CNS(=O)(=O)Cc2cccc(F)c2)CC1. The van der Waals surface area contributed by atoms with E-state index < -0.39 is 15.8 Å². The lowest BCUT2D eigenvalue weighted by atomic mass is 9.97. The average Bonchev–Trinajstić information content (AvgIpc) is 2.66. The van der Waals surface area contributed by atoms with Crippen LogP contribution in [-0.4, -0.2) is 33.0 Å². The van der Waals surface area contributed by atoms with E-state index in [4.69, 9.17) is 0 Å². The Kier molecular flexibility index (Phi) is 6.04. The molecule has 1 aromatic carbocycles. The molecule has 0 radical (unpaired) electrons. The van der Waals surface area contributed by atoms with Crippen molar-refractivity contribution in [1.82, 2.24) is 9.71 Å². The molecule has 6 nitrogen and oxygen atoms in total. The minimum atomic E-state index is -3.51. The van der Waals surface area contributed by atoms with Crippen LogP contribution < -0.4 is 9.62 Å². The number of nitriles is 1. The molecule has 0 amide bonds. The summed E-state index contributed by atoms with van der Waals surface area (Å²) in [6.07, 6.45) is 3.29. The quantitative estimate of drug-likeness (QED) is 0.821. The number of sulfonamides is 1. The molecule has 3 rings (SSSR count). The molecule has 1 N–H and O–H groups in total. The van der Waals surface area contributed by atoms with Crippen molar-refractivity contribution >= 4 is 15.8 Å². The Morgan fingerprint density at radius 2 is 2.04 bits per heavy atom. The Hall–Kier alpha value is -2.50. The maximum absolute atomic E-state index is 13.2. The van der Waals surface area contributed by atoms with Crippen LogP contribution in [0.15, 0.2) is 42.6 Å². The molecule has 27 heavy (non-hydrogen) atoms. The zero-order valence-electron chi connectivity index (χ0n) is 14.8. The van der Waals surface area contributed by atoms with Crippen molar-refractivity contribution in [2.24, 2.45) is 5.92 Å². The van der Waals surface area contributed by atoms with Gasteiger partial charge in [-0.3, -0.25) is 0 Å². The minimum Gasteiger partial charge on any atom is -0.356 e. The van der Waals surface area contributed by atoms with Crippen molar-refractivity contribution in [2.45, 2.75) is 18.6 Å². The first-order valence-electron chi connectivity index (χ1n) is 8.79. The zero-order valence-corrected chi connectivity index (χ0v) is 15.6. The monoisotopic (exact) mass is 388 g/mol. The summed E-state index contributed by atoms with van der Waals surface area (Å²) < 4.78 is 40.3. The molecular formula is C19H21FN4O2S. The molecule has 0 bridgehead atoms. The smallest absolute Gasteiger partial charge is 0.215 e. The van der Waals surface area contributed by atoms with Crippen LogP contribution in [0.3, 0.4) is 0 Å². The topological polar surface area (TPSA) is 86.1 Å². The highest BCUT2D eigenvalue weighted by Crippen LogP contribution is 2.24. The molecule has 1 fully saturated rings. The first kappa shape index (κ1) is 19.3. The molecule has 0 saturated carbocycles. The molecule has 142 valence electrons. The Bertz CT molecular complexity index is 935. The highest BCUT2D eigenvalue weighted by atomic mass is 32.2. The van der Waals surface area contributed by atoms with Crippen LogP contribution in [0.5, 0.6) is 0 Å². The van der Waals surface area contributed by atoms with Gasteiger partial charge in [-0.2, -0.15) is 5.26 Å². The molecule has 8 heteroatoms. The number of halogens is 1. The van der Waals surface area contributed by atoms with Crippen molar-refractivity contribution in [3.05, 3.63) is 59.5 Å². The lowest BCUT2D eigenvalue weighted by molar-refractivity contribution is 0.400. The third-order valence-corrected chi connectivity index (χ3v) is 5.98. The largest absolute Gasteiger partial charge is 0.356 e. The fourth-order valence-corrected chi connectivity index (χ4v) is 4.44. The number of anilines is 1. The summed E-state index contributed by atoms with van der Waals surface area (Å²) in [4.78, 5) is 6.36. The Labute approximate surface area is 158 Å². The standard InChI is InChI=1S/C19H21FN4O2S/c20-18-5-1-3-16(11-18)14-27(25,26)23-13-15-6-9-24(10-7-15)19-17(12-21)4-2-8-22-19/h1-5,8,11,15,23H,6-7,9-10,13-14H2. The molecule has 1 aliphatic heterocycles. The van der Waals surface area contributed by atoms with Crippen molar-refractivity contribution in [3.63, 3.8) is 0 Å². The minimum absolute atomic E-state index is 0.220. The van der Waals surface area contributed by atoms with E-state index >= 15 is 0 Å². The molecule has 0 spiro atoms. The second-order valence-corrected chi connectivity index (χ2v) is 8.46. The number of piperidine rings is 1. The summed E-state index contributed by atoms with van der Waals surface area (Å²) >= 11 is 0. The van der Waals surface area contributed by atoms with Gasteiger partial charge in [0.05, 0.1) is 11.3 Å². The van der Waals surface area contributed by atoms with E-state index in [0.717, 1.165) is 25.9 Å². The van der Waals surface area contributed by atoms with Crippen molar-refractivity contribution in [2.75, 3.05) is 24.5 Å². The molecule has 2 aromatic rings. The van der Waals surface area contributed by atoms with E-state index in [9.17, 15) is 18.1 Å². The van der Waals surface area contributed by atoms with Gasteiger partial charge in [-0.25, -0.2) is 22.5 Å². The van der Waals surface area contributed by atoms with E-state index in [1.165, 1.54) is 18.2 Å². The number of aromatic nitrogens is 1. The maximum atomic E-state index is 13.2. The molecule has 0 atom stereocenters. The van der Waals surface area contributed by atoms with E-state index in [2.05, 4.69) is 20.7 Å². The number of rotatable bonds is 6. The van der Waals surface area contributed by atoms with Gasteiger partial charge in [-0.05, 0) is 48.6 Å². The van der Waals surface area contributed by atoms with Gasteiger partial charge < -0.3 is 4.90 Å².